The van der Waals surface area contributed by atoms with Crippen molar-refractivity contribution in [3.8, 4) is 0 Å². The third-order valence-electron chi connectivity index (χ3n) is 8.51. The van der Waals surface area contributed by atoms with E-state index in [4.69, 9.17) is 0 Å². The molecule has 0 heteroatoms. The topological polar surface area (TPSA) is 0 Å². The molecular formula is C19H32. The van der Waals surface area contributed by atoms with Gasteiger partial charge in [-0.05, 0) is 91.3 Å². The predicted molar refractivity (Wildman–Crippen MR) is 80.8 cm³/mol. The molecule has 108 valence electrons. The van der Waals surface area contributed by atoms with E-state index in [2.05, 4.69) is 27.7 Å². The summed E-state index contributed by atoms with van der Waals surface area (Å²) in [7, 11) is 0. The minimum Gasteiger partial charge on any atom is -0.0620 e. The van der Waals surface area contributed by atoms with Crippen LogP contribution in [0.5, 0.6) is 0 Å². The van der Waals surface area contributed by atoms with Gasteiger partial charge in [0.15, 0.2) is 0 Å². The lowest BCUT2D eigenvalue weighted by atomic mass is 9.42. The fraction of sp³-hybridized carbons (Fsp3) is 1.00. The number of hydrogen-bond donors (Lipinski definition) is 0. The lowest BCUT2D eigenvalue weighted by Gasteiger charge is -2.63. The van der Waals surface area contributed by atoms with Crippen LogP contribution >= 0.6 is 0 Å². The van der Waals surface area contributed by atoms with Gasteiger partial charge in [-0.15, -0.1) is 0 Å². The van der Waals surface area contributed by atoms with Crippen molar-refractivity contribution in [2.75, 3.05) is 0 Å². The second-order valence-electron chi connectivity index (χ2n) is 9.40. The van der Waals surface area contributed by atoms with Gasteiger partial charge in [0.1, 0.15) is 0 Å². The molecule has 0 saturated heterocycles. The summed E-state index contributed by atoms with van der Waals surface area (Å²) < 4.78 is 0. The molecule has 6 aliphatic rings. The van der Waals surface area contributed by atoms with Gasteiger partial charge in [-0.1, -0.05) is 27.7 Å². The van der Waals surface area contributed by atoms with E-state index in [1.54, 1.807) is 38.5 Å². The summed E-state index contributed by atoms with van der Waals surface area (Å²) in [4.78, 5) is 0. The van der Waals surface area contributed by atoms with E-state index >= 15 is 0 Å². The molecule has 0 N–H and O–H groups in total. The highest BCUT2D eigenvalue weighted by Gasteiger charge is 2.56. The van der Waals surface area contributed by atoms with Gasteiger partial charge in [0.2, 0.25) is 0 Å². The molecular weight excluding hydrogens is 228 g/mol. The maximum Gasteiger partial charge on any atom is -0.0295 e. The summed E-state index contributed by atoms with van der Waals surface area (Å²) in [6, 6.07) is 0. The van der Waals surface area contributed by atoms with Crippen LogP contribution in [0.25, 0.3) is 0 Å². The Balaban J connectivity index is 1.42. The van der Waals surface area contributed by atoms with Crippen LogP contribution in [-0.2, 0) is 0 Å². The van der Waals surface area contributed by atoms with Gasteiger partial charge in [0, 0.05) is 0 Å². The standard InChI is InChI=1S/C19H32/c1-11-14-5-13(6-14)7-15(11)8-16-9-17-10-18(12(16)2)19(17,3)4/h11-18H,5-10H2,1-4H3/t11?,12?,13?,14?,15?,16?,17-,18-/m1/s1. The summed E-state index contributed by atoms with van der Waals surface area (Å²) in [6.07, 6.45) is 9.43. The van der Waals surface area contributed by atoms with Crippen molar-refractivity contribution >= 4 is 0 Å². The van der Waals surface area contributed by atoms with E-state index < -0.39 is 0 Å². The molecule has 0 spiro atoms. The summed E-state index contributed by atoms with van der Waals surface area (Å²) in [5.74, 6) is 8.57. The molecule has 0 aliphatic heterocycles. The maximum atomic E-state index is 2.58. The minimum absolute atomic E-state index is 0.677. The van der Waals surface area contributed by atoms with Crippen LogP contribution in [0.3, 0.4) is 0 Å². The lowest BCUT2D eigenvalue weighted by Crippen LogP contribution is -2.55. The normalized spacial score (nSPS) is 58.1. The molecule has 0 radical (unpaired) electrons. The summed E-state index contributed by atoms with van der Waals surface area (Å²) in [6.45, 7) is 10.2. The summed E-state index contributed by atoms with van der Waals surface area (Å²) >= 11 is 0. The number of rotatable bonds is 2. The third-order valence-corrected chi connectivity index (χ3v) is 8.51. The van der Waals surface area contributed by atoms with E-state index in [9.17, 15) is 0 Å². The third kappa shape index (κ3) is 1.70. The average molecular weight is 260 g/mol. The van der Waals surface area contributed by atoms with Crippen molar-refractivity contribution < 1.29 is 0 Å². The first-order chi connectivity index (χ1) is 8.96. The first kappa shape index (κ1) is 12.7. The fourth-order valence-corrected chi connectivity index (χ4v) is 6.70. The summed E-state index contributed by atoms with van der Waals surface area (Å²) in [5.41, 5.74) is 0.677. The van der Waals surface area contributed by atoms with Crippen LogP contribution in [0.1, 0.15) is 66.2 Å². The highest BCUT2D eigenvalue weighted by atomic mass is 14.6. The molecule has 6 atom stereocenters. The second kappa shape index (κ2) is 4.01. The molecule has 0 aromatic rings. The molecule has 4 bridgehead atoms. The second-order valence-corrected chi connectivity index (χ2v) is 9.40. The zero-order valence-corrected chi connectivity index (χ0v) is 13.4. The van der Waals surface area contributed by atoms with Crippen LogP contribution in [0.4, 0.5) is 0 Å². The van der Waals surface area contributed by atoms with Gasteiger partial charge in [0.25, 0.3) is 0 Å². The molecule has 6 aliphatic carbocycles. The van der Waals surface area contributed by atoms with Crippen LogP contribution < -0.4 is 0 Å². The summed E-state index contributed by atoms with van der Waals surface area (Å²) in [5, 5.41) is 0. The van der Waals surface area contributed by atoms with Crippen molar-refractivity contribution in [3.05, 3.63) is 0 Å². The molecule has 6 fully saturated rings. The maximum absolute atomic E-state index is 2.58. The Hall–Kier alpha value is 0. The van der Waals surface area contributed by atoms with Gasteiger partial charge in [-0.2, -0.15) is 0 Å². The molecule has 0 aromatic carbocycles. The van der Waals surface area contributed by atoms with Crippen LogP contribution in [-0.4, -0.2) is 0 Å². The fourth-order valence-electron chi connectivity index (χ4n) is 6.70. The Morgan fingerprint density at radius 1 is 0.842 bits per heavy atom. The monoisotopic (exact) mass is 260 g/mol. The Bertz CT molecular complexity index is 362. The molecule has 6 saturated carbocycles. The first-order valence-electron chi connectivity index (χ1n) is 8.96. The minimum atomic E-state index is 0.677. The number of fused-ring (bicyclic) bond motifs is 4. The molecule has 0 heterocycles. The molecule has 4 unspecified atom stereocenters. The zero-order valence-electron chi connectivity index (χ0n) is 13.4. The molecule has 0 amide bonds. The van der Waals surface area contributed by atoms with Gasteiger partial charge in [-0.25, -0.2) is 0 Å². The van der Waals surface area contributed by atoms with Crippen molar-refractivity contribution in [1.29, 1.82) is 0 Å². The van der Waals surface area contributed by atoms with Gasteiger partial charge in [-0.3, -0.25) is 0 Å². The largest absolute Gasteiger partial charge is 0.0620 e. The van der Waals surface area contributed by atoms with E-state index in [-0.39, 0.29) is 0 Å². The molecule has 0 aromatic heterocycles. The Morgan fingerprint density at radius 2 is 1.53 bits per heavy atom. The molecule has 19 heavy (non-hydrogen) atoms. The van der Waals surface area contributed by atoms with E-state index in [0.29, 0.717) is 5.41 Å². The Labute approximate surface area is 119 Å². The SMILES string of the molecule is CC1C2CC(C2)CC1CC1C[C@@H]2C[C@H](C1C)C2(C)C. The molecule has 6 rings (SSSR count). The highest BCUT2D eigenvalue weighted by Crippen LogP contribution is 2.64. The zero-order chi connectivity index (χ0) is 13.4. The number of hydrogen-bond acceptors (Lipinski definition) is 0. The first-order valence-corrected chi connectivity index (χ1v) is 8.96. The average Bonchev–Trinajstić information content (AvgIpc) is 2.31. The van der Waals surface area contributed by atoms with Gasteiger partial charge >= 0.3 is 0 Å². The van der Waals surface area contributed by atoms with Gasteiger partial charge in [0.05, 0.1) is 0 Å². The van der Waals surface area contributed by atoms with Crippen molar-refractivity contribution in [2.24, 2.45) is 52.8 Å². The van der Waals surface area contributed by atoms with Gasteiger partial charge < -0.3 is 0 Å². The van der Waals surface area contributed by atoms with E-state index in [1.165, 1.54) is 0 Å². The van der Waals surface area contributed by atoms with E-state index in [1.807, 2.05) is 0 Å². The Morgan fingerprint density at radius 3 is 2.11 bits per heavy atom. The van der Waals surface area contributed by atoms with Crippen molar-refractivity contribution in [1.82, 2.24) is 0 Å². The quantitative estimate of drug-likeness (QED) is 0.625. The smallest absolute Gasteiger partial charge is 0.0295 e. The lowest BCUT2D eigenvalue weighted by molar-refractivity contribution is -0.138. The van der Waals surface area contributed by atoms with Crippen LogP contribution in [0.2, 0.25) is 0 Å². The van der Waals surface area contributed by atoms with Crippen LogP contribution in [0, 0.1) is 52.8 Å². The predicted octanol–water partition coefficient (Wildman–Crippen LogP) is 5.38. The van der Waals surface area contributed by atoms with Crippen LogP contribution in [0.15, 0.2) is 0 Å². The van der Waals surface area contributed by atoms with Crippen molar-refractivity contribution in [3.63, 3.8) is 0 Å². The van der Waals surface area contributed by atoms with Crippen molar-refractivity contribution in [2.45, 2.75) is 66.2 Å². The molecule has 0 nitrogen and oxygen atoms in total. The van der Waals surface area contributed by atoms with E-state index in [0.717, 1.165) is 47.3 Å². The Kier molecular flexibility index (Phi) is 2.69. The highest BCUT2D eigenvalue weighted by molar-refractivity contribution is 5.05.